The van der Waals surface area contributed by atoms with E-state index in [0.717, 1.165) is 10.9 Å². The summed E-state index contributed by atoms with van der Waals surface area (Å²) in [5.74, 6) is -0.122. The largest absolute Gasteiger partial charge is 0.369 e. The standard InChI is InChI=1S/C13H17N3OS/c1-3-5-7-11(6-4-2)16-9-8-15-13(16)18-10-12(14)17/h3-9H,10H2,1-2H3,(H2,14,17)/b5-3-,6-4-,11-7+. The van der Waals surface area contributed by atoms with Crippen molar-refractivity contribution in [3.05, 3.63) is 42.8 Å². The molecule has 0 aromatic carbocycles. The lowest BCUT2D eigenvalue weighted by Crippen LogP contribution is -2.13. The van der Waals surface area contributed by atoms with E-state index in [2.05, 4.69) is 4.98 Å². The van der Waals surface area contributed by atoms with Crippen LogP contribution >= 0.6 is 11.8 Å². The van der Waals surface area contributed by atoms with Crippen molar-refractivity contribution in [2.75, 3.05) is 5.75 Å². The van der Waals surface area contributed by atoms with E-state index in [-0.39, 0.29) is 11.7 Å². The van der Waals surface area contributed by atoms with Crippen molar-refractivity contribution in [3.63, 3.8) is 0 Å². The van der Waals surface area contributed by atoms with E-state index in [0.29, 0.717) is 0 Å². The first-order chi connectivity index (χ1) is 8.69. The number of nitrogens with zero attached hydrogens (tertiary/aromatic N) is 2. The molecule has 1 heterocycles. The van der Waals surface area contributed by atoms with Crippen LogP contribution in [0.5, 0.6) is 0 Å². The Bertz CT molecular complexity index is 486. The zero-order valence-corrected chi connectivity index (χ0v) is 11.4. The van der Waals surface area contributed by atoms with Crippen LogP contribution in [0.1, 0.15) is 13.8 Å². The molecule has 0 saturated carbocycles. The van der Waals surface area contributed by atoms with Crippen LogP contribution in [0.4, 0.5) is 0 Å². The lowest BCUT2D eigenvalue weighted by molar-refractivity contribution is -0.115. The van der Waals surface area contributed by atoms with Gasteiger partial charge in [0, 0.05) is 18.1 Å². The molecule has 1 aromatic heterocycles. The highest BCUT2D eigenvalue weighted by atomic mass is 32.2. The summed E-state index contributed by atoms with van der Waals surface area (Å²) in [6, 6.07) is 0. The summed E-state index contributed by atoms with van der Waals surface area (Å²) in [5, 5.41) is 0.752. The smallest absolute Gasteiger partial charge is 0.227 e. The maximum atomic E-state index is 10.8. The van der Waals surface area contributed by atoms with Crippen molar-refractivity contribution in [1.82, 2.24) is 9.55 Å². The first-order valence-corrected chi connectivity index (χ1v) is 6.58. The molecule has 1 rings (SSSR count). The first kappa shape index (κ1) is 14.3. The van der Waals surface area contributed by atoms with Crippen molar-refractivity contribution in [2.45, 2.75) is 19.0 Å². The predicted molar refractivity (Wildman–Crippen MR) is 76.0 cm³/mol. The lowest BCUT2D eigenvalue weighted by atomic mass is 10.3. The normalized spacial score (nSPS) is 12.7. The summed E-state index contributed by atoms with van der Waals surface area (Å²) in [5.41, 5.74) is 6.12. The van der Waals surface area contributed by atoms with Gasteiger partial charge in [0.15, 0.2) is 5.16 Å². The molecule has 1 aromatic rings. The average molecular weight is 263 g/mol. The van der Waals surface area contributed by atoms with Crippen LogP contribution in [0.25, 0.3) is 5.70 Å². The second-order valence-electron chi connectivity index (χ2n) is 3.45. The molecule has 0 fully saturated rings. The zero-order chi connectivity index (χ0) is 13.4. The quantitative estimate of drug-likeness (QED) is 0.633. The van der Waals surface area contributed by atoms with E-state index in [4.69, 9.17) is 5.73 Å². The molecule has 0 aliphatic carbocycles. The van der Waals surface area contributed by atoms with Gasteiger partial charge in [-0.05, 0) is 26.0 Å². The van der Waals surface area contributed by atoms with Gasteiger partial charge in [0.25, 0.3) is 0 Å². The second kappa shape index (κ2) is 7.55. The number of allylic oxidation sites excluding steroid dienone is 6. The van der Waals surface area contributed by atoms with E-state index < -0.39 is 0 Å². The molecule has 96 valence electrons. The van der Waals surface area contributed by atoms with Gasteiger partial charge in [-0.2, -0.15) is 0 Å². The summed E-state index contributed by atoms with van der Waals surface area (Å²) < 4.78 is 1.92. The number of hydrogen-bond donors (Lipinski definition) is 1. The molecule has 0 radical (unpaired) electrons. The van der Waals surface area contributed by atoms with Gasteiger partial charge in [0.05, 0.1) is 5.75 Å². The highest BCUT2D eigenvalue weighted by Crippen LogP contribution is 2.20. The Morgan fingerprint density at radius 3 is 2.89 bits per heavy atom. The minimum Gasteiger partial charge on any atom is -0.369 e. The molecule has 0 aliphatic rings. The fraction of sp³-hybridized carbons (Fsp3) is 0.231. The Morgan fingerprint density at radius 2 is 2.28 bits per heavy atom. The summed E-state index contributed by atoms with van der Waals surface area (Å²) in [6.07, 6.45) is 13.4. The van der Waals surface area contributed by atoms with Crippen LogP contribution in [-0.2, 0) is 4.79 Å². The highest BCUT2D eigenvalue weighted by molar-refractivity contribution is 7.99. The number of imidazole rings is 1. The lowest BCUT2D eigenvalue weighted by Gasteiger charge is -2.07. The van der Waals surface area contributed by atoms with E-state index in [1.807, 2.05) is 55.0 Å². The molecule has 5 heteroatoms. The van der Waals surface area contributed by atoms with Crippen LogP contribution in [0.15, 0.2) is 47.9 Å². The Balaban J connectivity index is 2.98. The molecule has 0 spiro atoms. The summed E-state index contributed by atoms with van der Waals surface area (Å²) in [6.45, 7) is 3.91. The van der Waals surface area contributed by atoms with Gasteiger partial charge in [-0.25, -0.2) is 4.98 Å². The van der Waals surface area contributed by atoms with Crippen LogP contribution in [-0.4, -0.2) is 21.2 Å². The monoisotopic (exact) mass is 263 g/mol. The molecule has 18 heavy (non-hydrogen) atoms. The number of nitrogens with two attached hydrogens (primary N) is 1. The van der Waals surface area contributed by atoms with Gasteiger partial charge in [-0.3, -0.25) is 9.36 Å². The molecule has 0 unspecified atom stereocenters. The molecule has 0 aliphatic heterocycles. The van der Waals surface area contributed by atoms with E-state index in [1.165, 1.54) is 11.8 Å². The third kappa shape index (κ3) is 4.25. The van der Waals surface area contributed by atoms with Crippen molar-refractivity contribution in [3.8, 4) is 0 Å². The average Bonchev–Trinajstić information content (AvgIpc) is 2.80. The van der Waals surface area contributed by atoms with Crippen molar-refractivity contribution in [1.29, 1.82) is 0 Å². The van der Waals surface area contributed by atoms with Gasteiger partial charge in [0.1, 0.15) is 0 Å². The molecule has 0 saturated heterocycles. The Morgan fingerprint density at radius 1 is 1.50 bits per heavy atom. The number of carbonyl (C=O) groups is 1. The maximum absolute atomic E-state index is 10.8. The second-order valence-corrected chi connectivity index (χ2v) is 4.39. The van der Waals surface area contributed by atoms with E-state index in [1.54, 1.807) is 6.20 Å². The third-order valence-corrected chi connectivity index (χ3v) is 3.01. The minimum atomic E-state index is -0.348. The van der Waals surface area contributed by atoms with E-state index in [9.17, 15) is 4.79 Å². The number of carbonyl (C=O) groups excluding carboxylic acids is 1. The SMILES string of the molecule is C\C=C/C=C(\C=C/C)n1ccnc1SCC(N)=O. The molecule has 0 atom stereocenters. The summed E-state index contributed by atoms with van der Waals surface area (Å²) >= 11 is 1.33. The highest BCUT2D eigenvalue weighted by Gasteiger charge is 2.07. The number of hydrogen-bond acceptors (Lipinski definition) is 3. The van der Waals surface area contributed by atoms with Crippen LogP contribution < -0.4 is 5.73 Å². The molecular weight excluding hydrogens is 246 g/mol. The van der Waals surface area contributed by atoms with Gasteiger partial charge in [-0.15, -0.1) is 0 Å². The van der Waals surface area contributed by atoms with Gasteiger partial charge in [0.2, 0.25) is 5.91 Å². The fourth-order valence-electron chi connectivity index (χ4n) is 1.31. The number of thioether (sulfide) groups is 1. The number of rotatable bonds is 6. The Hall–Kier alpha value is -1.75. The molecule has 4 nitrogen and oxygen atoms in total. The Labute approximate surface area is 111 Å². The molecular formula is C13H17N3OS. The van der Waals surface area contributed by atoms with Crippen LogP contribution in [0.2, 0.25) is 0 Å². The third-order valence-electron chi connectivity index (χ3n) is 2.03. The van der Waals surface area contributed by atoms with Gasteiger partial charge in [-0.1, -0.05) is 30.0 Å². The fourth-order valence-corrected chi connectivity index (χ4v) is 2.02. The van der Waals surface area contributed by atoms with Crippen molar-refractivity contribution >= 4 is 23.4 Å². The number of primary amides is 1. The molecule has 2 N–H and O–H groups in total. The van der Waals surface area contributed by atoms with Crippen molar-refractivity contribution in [2.24, 2.45) is 5.73 Å². The van der Waals surface area contributed by atoms with Crippen molar-refractivity contribution < 1.29 is 4.79 Å². The van der Waals surface area contributed by atoms with E-state index >= 15 is 0 Å². The minimum absolute atomic E-state index is 0.226. The molecule has 1 amide bonds. The van der Waals surface area contributed by atoms with Gasteiger partial charge >= 0.3 is 0 Å². The molecule has 0 bridgehead atoms. The number of aromatic nitrogens is 2. The van der Waals surface area contributed by atoms with Crippen LogP contribution in [0, 0.1) is 0 Å². The summed E-state index contributed by atoms with van der Waals surface area (Å²) in [7, 11) is 0. The van der Waals surface area contributed by atoms with Crippen LogP contribution in [0.3, 0.4) is 0 Å². The topological polar surface area (TPSA) is 60.9 Å². The predicted octanol–water partition coefficient (Wildman–Crippen LogP) is 2.45. The number of amides is 1. The first-order valence-electron chi connectivity index (χ1n) is 5.59. The zero-order valence-electron chi connectivity index (χ0n) is 10.5. The summed E-state index contributed by atoms with van der Waals surface area (Å²) in [4.78, 5) is 15.0. The van der Waals surface area contributed by atoms with Gasteiger partial charge < -0.3 is 5.73 Å². The maximum Gasteiger partial charge on any atom is 0.227 e. The Kier molecular flexibility index (Phi) is 6.00.